The number of benzene rings is 1. The first-order chi connectivity index (χ1) is 12.3. The quantitative estimate of drug-likeness (QED) is 0.828. The van der Waals surface area contributed by atoms with Crippen molar-refractivity contribution >= 4 is 23.1 Å². The molecule has 2 N–H and O–H groups in total. The van der Waals surface area contributed by atoms with Gasteiger partial charge in [0.1, 0.15) is 0 Å². The van der Waals surface area contributed by atoms with Gasteiger partial charge in [0, 0.05) is 25.6 Å². The summed E-state index contributed by atoms with van der Waals surface area (Å²) in [5.74, 6) is -0.833. The van der Waals surface area contributed by atoms with Crippen molar-refractivity contribution in [2.45, 2.75) is 53.1 Å². The highest BCUT2D eigenvalue weighted by molar-refractivity contribution is 6.15. The zero-order valence-electron chi connectivity index (χ0n) is 16.3. The minimum atomic E-state index is -0.833. The van der Waals surface area contributed by atoms with E-state index in [-0.39, 0.29) is 0 Å². The number of carbonyl (C=O) groups is 1. The van der Waals surface area contributed by atoms with Gasteiger partial charge >= 0.3 is 0 Å². The summed E-state index contributed by atoms with van der Waals surface area (Å²) in [7, 11) is 0. The number of aliphatic carboxylic acids is 1. The van der Waals surface area contributed by atoms with Gasteiger partial charge in [-0.1, -0.05) is 18.2 Å². The highest BCUT2D eigenvalue weighted by atomic mass is 16.4. The SMILES string of the molecule is CC(=O)O.CC(C)N(CC1=C2Nc3ccccc3N=C2C=CC1)C(C)C. The Morgan fingerprint density at radius 1 is 1.23 bits per heavy atom. The maximum atomic E-state index is 9.00. The first-order valence-corrected chi connectivity index (χ1v) is 9.08. The van der Waals surface area contributed by atoms with Crippen LogP contribution in [0.2, 0.25) is 0 Å². The van der Waals surface area contributed by atoms with Gasteiger partial charge in [-0.05, 0) is 57.9 Å². The zero-order valence-corrected chi connectivity index (χ0v) is 16.3. The molecule has 0 saturated carbocycles. The maximum Gasteiger partial charge on any atom is 0.300 e. The van der Waals surface area contributed by atoms with Crippen molar-refractivity contribution in [2.75, 3.05) is 11.9 Å². The molecule has 0 atom stereocenters. The summed E-state index contributed by atoms with van der Waals surface area (Å²) in [6, 6.07) is 9.32. The highest BCUT2D eigenvalue weighted by Gasteiger charge is 2.23. The number of carboxylic acid groups (broad SMARTS) is 1. The van der Waals surface area contributed by atoms with Gasteiger partial charge in [0.05, 0.1) is 22.8 Å². The molecule has 1 aromatic carbocycles. The van der Waals surface area contributed by atoms with Crippen LogP contribution < -0.4 is 5.32 Å². The molecule has 1 aliphatic carbocycles. The summed E-state index contributed by atoms with van der Waals surface area (Å²) >= 11 is 0. The average Bonchev–Trinajstić information content (AvgIpc) is 2.56. The molecule has 0 aromatic heterocycles. The van der Waals surface area contributed by atoms with Crippen LogP contribution in [-0.2, 0) is 4.79 Å². The molecule has 3 rings (SSSR count). The largest absolute Gasteiger partial charge is 0.481 e. The number of para-hydroxylation sites is 2. The summed E-state index contributed by atoms with van der Waals surface area (Å²) in [6.07, 6.45) is 5.36. The third kappa shape index (κ3) is 5.05. The number of aliphatic imine (C=N–C) groups is 1. The first-order valence-electron chi connectivity index (χ1n) is 9.08. The standard InChI is InChI=1S/C19H25N3.C2H4O2/c1-13(2)22(14(3)4)12-15-8-7-11-18-19(15)21-17-10-6-5-9-16(17)20-18;1-2(3)4/h5-7,9-11,13-14,21H,8,12H2,1-4H3;1H3,(H,3,4). The minimum absolute atomic E-state index is 0.537. The number of allylic oxidation sites excluding steroid dienone is 2. The number of anilines is 1. The number of hydrogen-bond acceptors (Lipinski definition) is 4. The molecule has 0 spiro atoms. The highest BCUT2D eigenvalue weighted by Crippen LogP contribution is 2.34. The second-order valence-electron chi connectivity index (χ2n) is 7.10. The van der Waals surface area contributed by atoms with Crippen molar-refractivity contribution in [1.82, 2.24) is 4.90 Å². The molecule has 0 amide bonds. The van der Waals surface area contributed by atoms with Crippen LogP contribution in [0.4, 0.5) is 11.4 Å². The van der Waals surface area contributed by atoms with Gasteiger partial charge in [-0.15, -0.1) is 0 Å². The van der Waals surface area contributed by atoms with Crippen LogP contribution in [0.1, 0.15) is 41.0 Å². The lowest BCUT2D eigenvalue weighted by molar-refractivity contribution is -0.134. The molecule has 1 heterocycles. The second-order valence-corrected chi connectivity index (χ2v) is 7.10. The lowest BCUT2D eigenvalue weighted by atomic mass is 9.97. The number of nitrogens with one attached hydrogen (secondary N) is 1. The van der Waals surface area contributed by atoms with Crippen LogP contribution in [0.3, 0.4) is 0 Å². The zero-order chi connectivity index (χ0) is 19.3. The van der Waals surface area contributed by atoms with E-state index in [4.69, 9.17) is 14.9 Å². The van der Waals surface area contributed by atoms with Gasteiger partial charge in [0.15, 0.2) is 0 Å². The Morgan fingerprint density at radius 2 is 1.85 bits per heavy atom. The summed E-state index contributed by atoms with van der Waals surface area (Å²) in [5.41, 5.74) is 5.82. The van der Waals surface area contributed by atoms with Gasteiger partial charge in [0.2, 0.25) is 0 Å². The molecule has 0 unspecified atom stereocenters. The Hall–Kier alpha value is -2.40. The monoisotopic (exact) mass is 355 g/mol. The molecule has 0 fully saturated rings. The number of fused-ring (bicyclic) bond motifs is 2. The number of hydrogen-bond donors (Lipinski definition) is 2. The molecule has 5 heteroatoms. The third-order valence-electron chi connectivity index (χ3n) is 4.35. The number of carboxylic acids is 1. The summed E-state index contributed by atoms with van der Waals surface area (Å²) in [4.78, 5) is 16.3. The van der Waals surface area contributed by atoms with Gasteiger partial charge in [0.25, 0.3) is 5.97 Å². The lowest BCUT2D eigenvalue weighted by Crippen LogP contribution is -2.39. The Labute approximate surface area is 156 Å². The predicted molar refractivity (Wildman–Crippen MR) is 108 cm³/mol. The summed E-state index contributed by atoms with van der Waals surface area (Å²) in [6.45, 7) is 11.1. The van der Waals surface area contributed by atoms with Crippen LogP contribution in [-0.4, -0.2) is 40.3 Å². The minimum Gasteiger partial charge on any atom is -0.481 e. The molecular formula is C21H29N3O2. The maximum absolute atomic E-state index is 9.00. The molecule has 1 aliphatic heterocycles. The number of nitrogens with zero attached hydrogens (tertiary/aromatic N) is 2. The molecule has 0 bridgehead atoms. The smallest absolute Gasteiger partial charge is 0.300 e. The molecule has 2 aliphatic rings. The van der Waals surface area contributed by atoms with E-state index in [2.05, 4.69) is 68.3 Å². The van der Waals surface area contributed by atoms with E-state index in [1.54, 1.807) is 0 Å². The third-order valence-corrected chi connectivity index (χ3v) is 4.35. The Balaban J connectivity index is 0.000000552. The Kier molecular flexibility index (Phi) is 6.75. The van der Waals surface area contributed by atoms with Crippen molar-refractivity contribution in [2.24, 2.45) is 4.99 Å². The van der Waals surface area contributed by atoms with Gasteiger partial charge in [-0.3, -0.25) is 9.69 Å². The van der Waals surface area contributed by atoms with Crippen molar-refractivity contribution in [1.29, 1.82) is 0 Å². The van der Waals surface area contributed by atoms with E-state index in [0.29, 0.717) is 12.1 Å². The van der Waals surface area contributed by atoms with E-state index < -0.39 is 5.97 Å². The topological polar surface area (TPSA) is 64.9 Å². The van der Waals surface area contributed by atoms with Crippen LogP contribution in [0.25, 0.3) is 0 Å². The lowest BCUT2D eigenvalue weighted by Gasteiger charge is -2.33. The summed E-state index contributed by atoms with van der Waals surface area (Å²) < 4.78 is 0. The second kappa shape index (κ2) is 8.81. The van der Waals surface area contributed by atoms with Crippen molar-refractivity contribution in [3.05, 3.63) is 47.7 Å². The van der Waals surface area contributed by atoms with Crippen molar-refractivity contribution in [3.63, 3.8) is 0 Å². The fraction of sp³-hybridized carbons (Fsp3) is 0.429. The normalized spacial score (nSPS) is 15.2. The number of rotatable bonds is 4. The van der Waals surface area contributed by atoms with E-state index >= 15 is 0 Å². The predicted octanol–water partition coefficient (Wildman–Crippen LogP) is 4.61. The van der Waals surface area contributed by atoms with Crippen LogP contribution in [0, 0.1) is 0 Å². The van der Waals surface area contributed by atoms with Gasteiger partial charge in [-0.2, -0.15) is 0 Å². The average molecular weight is 355 g/mol. The molecular weight excluding hydrogens is 326 g/mol. The van der Waals surface area contributed by atoms with Gasteiger partial charge < -0.3 is 10.4 Å². The van der Waals surface area contributed by atoms with E-state index in [9.17, 15) is 0 Å². The van der Waals surface area contributed by atoms with Gasteiger partial charge in [-0.25, -0.2) is 4.99 Å². The molecule has 0 saturated heterocycles. The Bertz CT molecular complexity index is 733. The van der Waals surface area contributed by atoms with E-state index in [0.717, 1.165) is 37.0 Å². The summed E-state index contributed by atoms with van der Waals surface area (Å²) in [5, 5.41) is 11.0. The van der Waals surface area contributed by atoms with Crippen LogP contribution in [0.15, 0.2) is 52.7 Å². The van der Waals surface area contributed by atoms with E-state index in [1.807, 2.05) is 6.07 Å². The molecule has 1 aromatic rings. The fourth-order valence-electron chi connectivity index (χ4n) is 3.19. The van der Waals surface area contributed by atoms with Crippen molar-refractivity contribution < 1.29 is 9.90 Å². The van der Waals surface area contributed by atoms with Crippen LogP contribution in [0.5, 0.6) is 0 Å². The fourth-order valence-corrected chi connectivity index (χ4v) is 3.19. The van der Waals surface area contributed by atoms with Crippen LogP contribution >= 0.6 is 0 Å². The molecule has 5 nitrogen and oxygen atoms in total. The van der Waals surface area contributed by atoms with Crippen molar-refractivity contribution in [3.8, 4) is 0 Å². The Morgan fingerprint density at radius 3 is 2.46 bits per heavy atom. The molecule has 140 valence electrons. The molecule has 26 heavy (non-hydrogen) atoms. The first kappa shape index (κ1) is 19.9. The van der Waals surface area contributed by atoms with E-state index in [1.165, 1.54) is 11.3 Å². The molecule has 0 radical (unpaired) electrons.